The lowest BCUT2D eigenvalue weighted by atomic mass is 9.86. The highest BCUT2D eigenvalue weighted by Crippen LogP contribution is 2.26. The van der Waals surface area contributed by atoms with E-state index in [0.717, 1.165) is 13.0 Å². The molecule has 0 aliphatic heterocycles. The maximum Gasteiger partial charge on any atom is 0.0707 e. The first-order valence-electron chi connectivity index (χ1n) is 9.57. The average Bonchev–Trinajstić information content (AvgIpc) is 2.57. The third-order valence-electron chi connectivity index (χ3n) is 4.34. The first-order valence-corrected chi connectivity index (χ1v) is 9.57. The zero-order valence-corrected chi connectivity index (χ0v) is 17.3. The number of hydrogen-bond acceptors (Lipinski definition) is 2. The van der Waals surface area contributed by atoms with E-state index in [1.165, 1.54) is 22.3 Å². The smallest absolute Gasteiger partial charge is 0.0707 e. The molecule has 0 saturated carbocycles. The molecule has 2 aromatic carbocycles. The van der Waals surface area contributed by atoms with Crippen LogP contribution in [0.1, 0.15) is 52.7 Å². The van der Waals surface area contributed by atoms with Gasteiger partial charge in [0.15, 0.2) is 0 Å². The van der Waals surface area contributed by atoms with Crippen LogP contribution in [-0.2, 0) is 21.3 Å². The van der Waals surface area contributed by atoms with Crippen molar-refractivity contribution in [3.8, 4) is 11.1 Å². The summed E-state index contributed by atoms with van der Waals surface area (Å²) in [5.41, 5.74) is 5.29. The molecule has 0 unspecified atom stereocenters. The largest absolute Gasteiger partial charge is 0.379 e. The molecule has 0 aliphatic carbocycles. The van der Waals surface area contributed by atoms with Gasteiger partial charge in [-0.15, -0.1) is 0 Å². The maximum absolute atomic E-state index is 5.67. The standard InChI is InChI=1S/C24H34O2/c1-23(2,3)22-13-11-21(12-14-22)20-9-7-19(8-10-20)15-16-25-17-18-26-24(4,5)6/h7-14H,15-18H2,1-6H3. The number of rotatable bonds is 7. The second kappa shape index (κ2) is 8.83. The summed E-state index contributed by atoms with van der Waals surface area (Å²) < 4.78 is 11.3. The molecule has 0 bridgehead atoms. The second-order valence-electron chi connectivity index (χ2n) is 8.85. The Bertz CT molecular complexity index is 655. The Balaban J connectivity index is 1.81. The number of hydrogen-bond donors (Lipinski definition) is 0. The maximum atomic E-state index is 5.67. The minimum Gasteiger partial charge on any atom is -0.379 e. The monoisotopic (exact) mass is 354 g/mol. The van der Waals surface area contributed by atoms with Crippen molar-refractivity contribution < 1.29 is 9.47 Å². The molecule has 0 N–H and O–H groups in total. The van der Waals surface area contributed by atoms with E-state index in [1.807, 2.05) is 0 Å². The van der Waals surface area contributed by atoms with Gasteiger partial charge in [0.2, 0.25) is 0 Å². The van der Waals surface area contributed by atoms with Crippen LogP contribution in [0.25, 0.3) is 11.1 Å². The molecule has 142 valence electrons. The zero-order valence-electron chi connectivity index (χ0n) is 17.3. The first-order chi connectivity index (χ1) is 12.1. The van der Waals surface area contributed by atoms with Gasteiger partial charge < -0.3 is 9.47 Å². The van der Waals surface area contributed by atoms with Gasteiger partial charge in [-0.25, -0.2) is 0 Å². The van der Waals surface area contributed by atoms with Crippen molar-refractivity contribution in [1.82, 2.24) is 0 Å². The van der Waals surface area contributed by atoms with E-state index in [0.29, 0.717) is 13.2 Å². The Kier molecular flexibility index (Phi) is 7.02. The molecule has 2 aromatic rings. The van der Waals surface area contributed by atoms with Gasteiger partial charge in [0.25, 0.3) is 0 Å². The number of benzene rings is 2. The first kappa shape index (κ1) is 20.7. The normalized spacial score (nSPS) is 12.4. The van der Waals surface area contributed by atoms with Crippen LogP contribution in [0.4, 0.5) is 0 Å². The van der Waals surface area contributed by atoms with Crippen molar-refractivity contribution >= 4 is 0 Å². The van der Waals surface area contributed by atoms with Crippen LogP contribution in [0.15, 0.2) is 48.5 Å². The summed E-state index contributed by atoms with van der Waals surface area (Å²) in [4.78, 5) is 0. The van der Waals surface area contributed by atoms with Crippen LogP contribution < -0.4 is 0 Å². The lowest BCUT2D eigenvalue weighted by Crippen LogP contribution is -2.22. The van der Waals surface area contributed by atoms with Crippen molar-refractivity contribution in [1.29, 1.82) is 0 Å². The Labute approximate surface area is 159 Å². The molecule has 0 spiro atoms. The summed E-state index contributed by atoms with van der Waals surface area (Å²) in [6.07, 6.45) is 0.929. The highest BCUT2D eigenvalue weighted by molar-refractivity contribution is 5.64. The molecule has 2 heteroatoms. The lowest BCUT2D eigenvalue weighted by Gasteiger charge is -2.19. The average molecular weight is 355 g/mol. The lowest BCUT2D eigenvalue weighted by molar-refractivity contribution is -0.0344. The van der Waals surface area contributed by atoms with Crippen molar-refractivity contribution in [3.63, 3.8) is 0 Å². The molecule has 26 heavy (non-hydrogen) atoms. The highest BCUT2D eigenvalue weighted by atomic mass is 16.5. The van der Waals surface area contributed by atoms with Gasteiger partial charge in [-0.3, -0.25) is 0 Å². The fraction of sp³-hybridized carbons (Fsp3) is 0.500. The molecule has 0 atom stereocenters. The minimum absolute atomic E-state index is 0.0930. The topological polar surface area (TPSA) is 18.5 Å². The number of ether oxygens (including phenoxy) is 2. The Morgan fingerprint density at radius 3 is 1.69 bits per heavy atom. The van der Waals surface area contributed by atoms with Gasteiger partial charge in [0, 0.05) is 0 Å². The summed E-state index contributed by atoms with van der Waals surface area (Å²) >= 11 is 0. The molecule has 0 heterocycles. The quantitative estimate of drug-likeness (QED) is 0.566. The van der Waals surface area contributed by atoms with Crippen molar-refractivity contribution in [2.45, 2.75) is 59.0 Å². The third-order valence-corrected chi connectivity index (χ3v) is 4.34. The van der Waals surface area contributed by atoms with Gasteiger partial charge in [-0.05, 0) is 54.9 Å². The van der Waals surface area contributed by atoms with Gasteiger partial charge >= 0.3 is 0 Å². The summed E-state index contributed by atoms with van der Waals surface area (Å²) in [7, 11) is 0. The zero-order chi connectivity index (χ0) is 19.2. The molecule has 0 amide bonds. The predicted molar refractivity (Wildman–Crippen MR) is 111 cm³/mol. The Morgan fingerprint density at radius 2 is 1.19 bits per heavy atom. The molecule has 0 aromatic heterocycles. The summed E-state index contributed by atoms with van der Waals surface area (Å²) in [5.74, 6) is 0. The van der Waals surface area contributed by atoms with E-state index in [1.54, 1.807) is 0 Å². The van der Waals surface area contributed by atoms with Crippen LogP contribution in [-0.4, -0.2) is 25.4 Å². The second-order valence-corrected chi connectivity index (χ2v) is 8.85. The van der Waals surface area contributed by atoms with E-state index >= 15 is 0 Å². The van der Waals surface area contributed by atoms with E-state index in [2.05, 4.69) is 90.1 Å². The Morgan fingerprint density at radius 1 is 0.654 bits per heavy atom. The molecule has 0 saturated heterocycles. The Hall–Kier alpha value is -1.64. The van der Waals surface area contributed by atoms with E-state index < -0.39 is 0 Å². The van der Waals surface area contributed by atoms with E-state index in [9.17, 15) is 0 Å². The van der Waals surface area contributed by atoms with Gasteiger partial charge in [0.1, 0.15) is 0 Å². The molecular formula is C24H34O2. The molecular weight excluding hydrogens is 320 g/mol. The van der Waals surface area contributed by atoms with Crippen LogP contribution >= 0.6 is 0 Å². The molecule has 0 radical (unpaired) electrons. The predicted octanol–water partition coefficient (Wildman–Crippen LogP) is 6.03. The fourth-order valence-electron chi connectivity index (χ4n) is 2.73. The summed E-state index contributed by atoms with van der Waals surface area (Å²) in [6.45, 7) is 14.9. The van der Waals surface area contributed by atoms with Crippen LogP contribution in [0.5, 0.6) is 0 Å². The molecule has 2 nitrogen and oxygen atoms in total. The van der Waals surface area contributed by atoms with Crippen LogP contribution in [0.2, 0.25) is 0 Å². The fourth-order valence-corrected chi connectivity index (χ4v) is 2.73. The van der Waals surface area contributed by atoms with Crippen molar-refractivity contribution in [2.75, 3.05) is 19.8 Å². The van der Waals surface area contributed by atoms with Gasteiger partial charge in [-0.1, -0.05) is 69.3 Å². The van der Waals surface area contributed by atoms with Crippen LogP contribution in [0, 0.1) is 0 Å². The van der Waals surface area contributed by atoms with Gasteiger partial charge in [0.05, 0.1) is 25.4 Å². The third kappa shape index (κ3) is 6.93. The van der Waals surface area contributed by atoms with Crippen molar-refractivity contribution in [2.24, 2.45) is 0 Å². The minimum atomic E-state index is -0.0930. The van der Waals surface area contributed by atoms with E-state index in [-0.39, 0.29) is 11.0 Å². The molecule has 0 aliphatic rings. The van der Waals surface area contributed by atoms with Crippen molar-refractivity contribution in [3.05, 3.63) is 59.7 Å². The molecule has 2 rings (SSSR count). The van der Waals surface area contributed by atoms with Crippen LogP contribution in [0.3, 0.4) is 0 Å². The van der Waals surface area contributed by atoms with Gasteiger partial charge in [-0.2, -0.15) is 0 Å². The summed E-state index contributed by atoms with van der Waals surface area (Å²) in [5, 5.41) is 0. The SMILES string of the molecule is CC(C)(C)OCCOCCc1ccc(-c2ccc(C(C)(C)C)cc2)cc1. The molecule has 0 fully saturated rings. The van der Waals surface area contributed by atoms with E-state index in [4.69, 9.17) is 9.47 Å². The summed E-state index contributed by atoms with van der Waals surface area (Å²) in [6, 6.07) is 17.7. The highest BCUT2D eigenvalue weighted by Gasteiger charge is 2.13.